The van der Waals surface area contributed by atoms with Gasteiger partial charge in [-0.15, -0.1) is 0 Å². The number of rotatable bonds is 5. The molecule has 3 aromatic rings. The summed E-state index contributed by atoms with van der Waals surface area (Å²) in [5.41, 5.74) is -0.975. The SMILES string of the molecule is Cc1cc(NC(=O)c2c(C(F)(F)F)c(-c3ccccc3)nn2C)cnc1N=C/C=N\N. The van der Waals surface area contributed by atoms with Crippen molar-refractivity contribution in [3.05, 3.63) is 59.4 Å². The van der Waals surface area contributed by atoms with Gasteiger partial charge in [-0.3, -0.25) is 9.48 Å². The second kappa shape index (κ2) is 8.78. The molecule has 2 aromatic heterocycles. The molecule has 160 valence electrons. The highest BCUT2D eigenvalue weighted by atomic mass is 19.4. The van der Waals surface area contributed by atoms with Gasteiger partial charge < -0.3 is 11.2 Å². The number of aliphatic imine (C=N–C) groups is 1. The number of nitrogens with two attached hydrogens (primary N) is 1. The first-order valence-electron chi connectivity index (χ1n) is 8.96. The van der Waals surface area contributed by atoms with Crippen molar-refractivity contribution < 1.29 is 18.0 Å². The monoisotopic (exact) mass is 429 g/mol. The predicted octanol–water partition coefficient (Wildman–Crippen LogP) is 3.71. The lowest BCUT2D eigenvalue weighted by Gasteiger charge is -2.12. The summed E-state index contributed by atoms with van der Waals surface area (Å²) in [6.45, 7) is 1.69. The van der Waals surface area contributed by atoms with Gasteiger partial charge in [0.1, 0.15) is 17.0 Å². The summed E-state index contributed by atoms with van der Waals surface area (Å²) in [5, 5.41) is 9.68. The summed E-state index contributed by atoms with van der Waals surface area (Å²) in [6.07, 6.45) is -0.894. The zero-order chi connectivity index (χ0) is 22.6. The molecule has 0 spiro atoms. The largest absolute Gasteiger partial charge is 0.420 e. The van der Waals surface area contributed by atoms with Crippen molar-refractivity contribution in [1.82, 2.24) is 14.8 Å². The van der Waals surface area contributed by atoms with Crippen LogP contribution < -0.4 is 11.2 Å². The number of hydrogen-bond donors (Lipinski definition) is 2. The summed E-state index contributed by atoms with van der Waals surface area (Å²) >= 11 is 0. The topological polar surface area (TPSA) is 111 Å². The number of hydrogen-bond acceptors (Lipinski definition) is 6. The van der Waals surface area contributed by atoms with E-state index < -0.39 is 23.3 Å². The van der Waals surface area contributed by atoms with E-state index in [1.807, 2.05) is 0 Å². The fourth-order valence-corrected chi connectivity index (χ4v) is 2.95. The first-order valence-corrected chi connectivity index (χ1v) is 8.96. The van der Waals surface area contributed by atoms with Gasteiger partial charge in [-0.1, -0.05) is 30.3 Å². The lowest BCUT2D eigenvalue weighted by Crippen LogP contribution is -2.21. The summed E-state index contributed by atoms with van der Waals surface area (Å²) < 4.78 is 42.6. The molecule has 0 aliphatic carbocycles. The molecule has 0 aliphatic heterocycles. The van der Waals surface area contributed by atoms with Gasteiger partial charge in [0, 0.05) is 18.8 Å². The van der Waals surface area contributed by atoms with Crippen LogP contribution in [0.5, 0.6) is 0 Å². The molecule has 0 saturated heterocycles. The molecule has 0 fully saturated rings. The van der Waals surface area contributed by atoms with E-state index in [-0.39, 0.29) is 16.9 Å². The molecule has 8 nitrogen and oxygen atoms in total. The maximum Gasteiger partial charge on any atom is 0.420 e. The second-order valence-electron chi connectivity index (χ2n) is 6.45. The minimum atomic E-state index is -4.79. The Morgan fingerprint density at radius 3 is 2.55 bits per heavy atom. The van der Waals surface area contributed by atoms with Crippen LogP contribution in [-0.4, -0.2) is 33.1 Å². The molecule has 0 saturated carbocycles. The Morgan fingerprint density at radius 2 is 1.94 bits per heavy atom. The Hall–Kier alpha value is -4.02. The number of alkyl halides is 3. The van der Waals surface area contributed by atoms with Crippen molar-refractivity contribution in [2.24, 2.45) is 23.0 Å². The van der Waals surface area contributed by atoms with E-state index in [2.05, 4.69) is 25.5 Å². The van der Waals surface area contributed by atoms with Gasteiger partial charge in [-0.05, 0) is 18.6 Å². The van der Waals surface area contributed by atoms with E-state index in [1.54, 1.807) is 31.2 Å². The molecule has 0 aliphatic rings. The average molecular weight is 429 g/mol. The quantitative estimate of drug-likeness (QED) is 0.366. The van der Waals surface area contributed by atoms with Crippen LogP contribution in [0.1, 0.15) is 21.6 Å². The first-order chi connectivity index (χ1) is 14.7. The zero-order valence-electron chi connectivity index (χ0n) is 16.6. The molecule has 2 heterocycles. The third kappa shape index (κ3) is 4.77. The smallest absolute Gasteiger partial charge is 0.323 e. The van der Waals surface area contributed by atoms with E-state index >= 15 is 0 Å². The molecule has 11 heteroatoms. The van der Waals surface area contributed by atoms with Crippen molar-refractivity contribution in [2.75, 3.05) is 5.32 Å². The number of hydrazone groups is 1. The van der Waals surface area contributed by atoms with Crippen molar-refractivity contribution in [2.45, 2.75) is 13.1 Å². The average Bonchev–Trinajstić information content (AvgIpc) is 3.08. The molecule has 31 heavy (non-hydrogen) atoms. The minimum Gasteiger partial charge on any atom is -0.323 e. The van der Waals surface area contributed by atoms with E-state index in [0.717, 1.165) is 4.68 Å². The van der Waals surface area contributed by atoms with Crippen LogP contribution in [0.25, 0.3) is 11.3 Å². The van der Waals surface area contributed by atoms with Crippen LogP contribution >= 0.6 is 0 Å². The van der Waals surface area contributed by atoms with Gasteiger partial charge in [0.05, 0.1) is 18.1 Å². The maximum absolute atomic E-state index is 13.9. The van der Waals surface area contributed by atoms with Crippen molar-refractivity contribution in [3.63, 3.8) is 0 Å². The highest BCUT2D eigenvalue weighted by Gasteiger charge is 2.42. The van der Waals surface area contributed by atoms with E-state index in [9.17, 15) is 18.0 Å². The zero-order valence-corrected chi connectivity index (χ0v) is 16.6. The van der Waals surface area contributed by atoms with Gasteiger partial charge in [-0.25, -0.2) is 9.98 Å². The Kier molecular flexibility index (Phi) is 6.14. The van der Waals surface area contributed by atoms with Crippen LogP contribution in [0, 0.1) is 6.92 Å². The first kappa shape index (κ1) is 21.7. The normalized spacial score (nSPS) is 12.0. The molecule has 0 radical (unpaired) electrons. The molecular formula is C20H18F3N7O. The van der Waals surface area contributed by atoms with Crippen LogP contribution in [0.2, 0.25) is 0 Å². The van der Waals surface area contributed by atoms with Crippen molar-refractivity contribution in [3.8, 4) is 11.3 Å². The highest BCUT2D eigenvalue weighted by Crippen LogP contribution is 2.39. The van der Waals surface area contributed by atoms with Crippen LogP contribution in [0.15, 0.2) is 52.7 Å². The molecule has 0 bridgehead atoms. The number of benzene rings is 1. The van der Waals surface area contributed by atoms with E-state index in [1.165, 1.54) is 37.8 Å². The number of aromatic nitrogens is 3. The fourth-order valence-electron chi connectivity index (χ4n) is 2.95. The Labute approximate surface area is 175 Å². The van der Waals surface area contributed by atoms with Crippen molar-refractivity contribution >= 4 is 29.8 Å². The molecule has 1 aromatic carbocycles. The number of carbonyl (C=O) groups is 1. The molecule has 0 atom stereocenters. The lowest BCUT2D eigenvalue weighted by molar-refractivity contribution is -0.137. The van der Waals surface area contributed by atoms with Gasteiger partial charge >= 0.3 is 6.18 Å². The molecule has 3 N–H and O–H groups in total. The Balaban J connectivity index is 1.97. The van der Waals surface area contributed by atoms with Crippen LogP contribution in [-0.2, 0) is 13.2 Å². The highest BCUT2D eigenvalue weighted by molar-refractivity contribution is 6.16. The van der Waals surface area contributed by atoms with E-state index in [0.29, 0.717) is 11.4 Å². The third-order valence-corrected chi connectivity index (χ3v) is 4.25. The number of nitrogens with zero attached hydrogens (tertiary/aromatic N) is 5. The predicted molar refractivity (Wildman–Crippen MR) is 111 cm³/mol. The van der Waals surface area contributed by atoms with Crippen molar-refractivity contribution in [1.29, 1.82) is 0 Å². The number of halogens is 3. The molecular weight excluding hydrogens is 411 g/mol. The number of carbonyl (C=O) groups excluding carboxylic acids is 1. The number of aryl methyl sites for hydroxylation is 2. The fraction of sp³-hybridized carbons (Fsp3) is 0.150. The number of amides is 1. The minimum absolute atomic E-state index is 0.213. The number of pyridine rings is 1. The Bertz CT molecular complexity index is 1150. The second-order valence-corrected chi connectivity index (χ2v) is 6.45. The molecule has 0 unspecified atom stereocenters. The summed E-state index contributed by atoms with van der Waals surface area (Å²) in [5.74, 6) is 4.37. The number of anilines is 1. The number of nitrogens with one attached hydrogen (secondary N) is 1. The Morgan fingerprint density at radius 1 is 1.23 bits per heavy atom. The van der Waals surface area contributed by atoms with Gasteiger partial charge in [0.2, 0.25) is 0 Å². The maximum atomic E-state index is 13.9. The third-order valence-electron chi connectivity index (χ3n) is 4.25. The van der Waals surface area contributed by atoms with Crippen LogP contribution in [0.4, 0.5) is 24.7 Å². The summed E-state index contributed by atoms with van der Waals surface area (Å²) in [4.78, 5) is 20.9. The van der Waals surface area contributed by atoms with Gasteiger partial charge in [-0.2, -0.15) is 23.4 Å². The molecule has 1 amide bonds. The summed E-state index contributed by atoms with van der Waals surface area (Å²) in [6, 6.07) is 9.42. The standard InChI is InChI=1S/C20H18F3N7O/c1-12-10-14(11-26-18(12)25-8-9-27-24)28-19(31)17-15(20(21,22)23)16(29-30(17)2)13-6-4-3-5-7-13/h3-11H,24H2,1-2H3,(H,28,31)/b25-8?,27-9-. The van der Waals surface area contributed by atoms with Gasteiger partial charge in [0.25, 0.3) is 5.91 Å². The summed E-state index contributed by atoms with van der Waals surface area (Å²) in [7, 11) is 1.29. The van der Waals surface area contributed by atoms with E-state index in [4.69, 9.17) is 5.84 Å². The molecule has 3 rings (SSSR count). The lowest BCUT2D eigenvalue weighted by atomic mass is 10.0. The van der Waals surface area contributed by atoms with Gasteiger partial charge in [0.15, 0.2) is 5.82 Å². The van der Waals surface area contributed by atoms with Crippen LogP contribution in [0.3, 0.4) is 0 Å².